The predicted octanol–water partition coefficient (Wildman–Crippen LogP) is 1.22. The van der Waals surface area contributed by atoms with Crippen LogP contribution in [0.25, 0.3) is 0 Å². The lowest BCUT2D eigenvalue weighted by Crippen LogP contribution is -2.20. The summed E-state index contributed by atoms with van der Waals surface area (Å²) in [6, 6.07) is 1.49. The minimum absolute atomic E-state index is 0.341. The van der Waals surface area contributed by atoms with Crippen molar-refractivity contribution >= 4 is 11.7 Å². The van der Waals surface area contributed by atoms with Crippen molar-refractivity contribution in [1.29, 1.82) is 5.26 Å². The second-order valence-electron chi connectivity index (χ2n) is 2.92. The molecule has 0 bridgehead atoms. The summed E-state index contributed by atoms with van der Waals surface area (Å²) >= 11 is 0. The molecule has 18 heavy (non-hydrogen) atoms. The number of nitrogens with two attached hydrogens (primary N) is 1. The van der Waals surface area contributed by atoms with Crippen molar-refractivity contribution in [3.63, 3.8) is 0 Å². The summed E-state index contributed by atoms with van der Waals surface area (Å²) in [6.07, 6.45) is -4.28. The molecule has 0 spiro atoms. The predicted molar refractivity (Wildman–Crippen MR) is 51.4 cm³/mol. The lowest BCUT2D eigenvalue weighted by molar-refractivity contribution is -0.275. The van der Waals surface area contributed by atoms with E-state index >= 15 is 0 Å². The number of alkyl halides is 3. The van der Waals surface area contributed by atoms with Crippen LogP contribution in [0.2, 0.25) is 0 Å². The van der Waals surface area contributed by atoms with Crippen LogP contribution in [0.3, 0.4) is 0 Å². The van der Waals surface area contributed by atoms with Crippen LogP contribution in [0.1, 0.15) is 15.9 Å². The smallest absolute Gasteiger partial charge is 0.465 e. The van der Waals surface area contributed by atoms with Gasteiger partial charge in [-0.2, -0.15) is 5.26 Å². The highest BCUT2D eigenvalue weighted by Gasteiger charge is 2.34. The fourth-order valence-electron chi connectivity index (χ4n) is 1.09. The van der Waals surface area contributed by atoms with Crippen LogP contribution in [-0.2, 0) is 4.74 Å². The number of rotatable bonds is 2. The largest absolute Gasteiger partial charge is 0.574 e. The second kappa shape index (κ2) is 4.79. The maximum atomic E-state index is 12.0. The molecule has 1 rings (SSSR count). The number of aromatic nitrogens is 1. The molecule has 0 atom stereocenters. The second-order valence-corrected chi connectivity index (χ2v) is 2.92. The molecule has 2 N–H and O–H groups in total. The minimum Gasteiger partial charge on any atom is -0.465 e. The monoisotopic (exact) mass is 261 g/mol. The van der Waals surface area contributed by atoms with Gasteiger partial charge >= 0.3 is 12.3 Å². The molecule has 0 aliphatic carbocycles. The summed E-state index contributed by atoms with van der Waals surface area (Å²) in [7, 11) is 1.04. The Labute approximate surface area is 98.7 Å². The Morgan fingerprint density at radius 2 is 2.17 bits per heavy atom. The van der Waals surface area contributed by atoms with E-state index in [1.807, 2.05) is 0 Å². The van der Waals surface area contributed by atoms with E-state index in [4.69, 9.17) is 11.0 Å². The molecule has 0 amide bonds. The number of anilines is 1. The van der Waals surface area contributed by atoms with E-state index in [-0.39, 0.29) is 5.56 Å². The summed E-state index contributed by atoms with van der Waals surface area (Å²) in [4.78, 5) is 14.4. The highest BCUT2D eigenvalue weighted by molar-refractivity contribution is 5.94. The first-order chi connectivity index (χ1) is 8.30. The third-order valence-corrected chi connectivity index (χ3v) is 1.81. The maximum absolute atomic E-state index is 12.0. The van der Waals surface area contributed by atoms with Gasteiger partial charge in [-0.15, -0.1) is 13.2 Å². The molecular formula is C9H6F3N3O3. The molecule has 1 aromatic rings. The number of methoxy groups -OCH3 is 1. The molecule has 6 nitrogen and oxygen atoms in total. The third kappa shape index (κ3) is 2.79. The van der Waals surface area contributed by atoms with Gasteiger partial charge in [0.1, 0.15) is 11.8 Å². The number of halogens is 3. The topological polar surface area (TPSA) is 98.2 Å². The van der Waals surface area contributed by atoms with Crippen molar-refractivity contribution in [2.45, 2.75) is 6.36 Å². The van der Waals surface area contributed by atoms with Gasteiger partial charge in [-0.1, -0.05) is 0 Å². The number of nitrogen functional groups attached to an aromatic ring is 1. The molecule has 0 radical (unpaired) electrons. The van der Waals surface area contributed by atoms with Crippen LogP contribution in [0.15, 0.2) is 6.20 Å². The van der Waals surface area contributed by atoms with Gasteiger partial charge in [-0.25, -0.2) is 9.78 Å². The number of hydrogen-bond donors (Lipinski definition) is 1. The van der Waals surface area contributed by atoms with Crippen LogP contribution < -0.4 is 10.5 Å². The Hall–Kier alpha value is -2.50. The molecule has 9 heteroatoms. The Bertz CT molecular complexity index is 522. The zero-order valence-electron chi connectivity index (χ0n) is 8.91. The molecule has 0 aromatic carbocycles. The quantitative estimate of drug-likeness (QED) is 0.803. The summed E-state index contributed by atoms with van der Waals surface area (Å²) in [6.45, 7) is 0. The molecule has 1 heterocycles. The Kier molecular flexibility index (Phi) is 3.61. The van der Waals surface area contributed by atoms with Crippen LogP contribution >= 0.6 is 0 Å². The lowest BCUT2D eigenvalue weighted by Gasteiger charge is -2.11. The SMILES string of the molecule is COC(=O)c1cnc(OC(F)(F)F)c(N)c1C#N. The number of nitriles is 1. The number of hydrogen-bond acceptors (Lipinski definition) is 6. The number of pyridine rings is 1. The van der Waals surface area contributed by atoms with Gasteiger partial charge in [0.15, 0.2) is 0 Å². The van der Waals surface area contributed by atoms with E-state index in [0.717, 1.165) is 13.3 Å². The number of ether oxygens (including phenoxy) is 2. The van der Waals surface area contributed by atoms with Gasteiger partial charge in [-0.05, 0) is 0 Å². The fraction of sp³-hybridized carbons (Fsp3) is 0.222. The van der Waals surface area contributed by atoms with E-state index in [9.17, 15) is 18.0 Å². The number of carbonyl (C=O) groups excluding carboxylic acids is 1. The van der Waals surface area contributed by atoms with E-state index in [2.05, 4.69) is 14.5 Å². The minimum atomic E-state index is -5.00. The summed E-state index contributed by atoms with van der Waals surface area (Å²) in [5.41, 5.74) is 3.76. The van der Waals surface area contributed by atoms with Crippen LogP contribution in [-0.4, -0.2) is 24.4 Å². The van der Waals surface area contributed by atoms with Crippen molar-refractivity contribution in [2.24, 2.45) is 0 Å². The van der Waals surface area contributed by atoms with Gasteiger partial charge < -0.3 is 15.2 Å². The zero-order valence-corrected chi connectivity index (χ0v) is 8.91. The number of esters is 1. The average Bonchev–Trinajstić information content (AvgIpc) is 2.28. The van der Waals surface area contributed by atoms with Crippen molar-refractivity contribution in [3.05, 3.63) is 17.3 Å². The number of nitrogens with zero attached hydrogens (tertiary/aromatic N) is 2. The van der Waals surface area contributed by atoms with Crippen molar-refractivity contribution in [3.8, 4) is 11.9 Å². The Morgan fingerprint density at radius 1 is 1.56 bits per heavy atom. The first-order valence-electron chi connectivity index (χ1n) is 4.32. The summed E-state index contributed by atoms with van der Waals surface area (Å²) < 4.78 is 43.8. The maximum Gasteiger partial charge on any atom is 0.574 e. The molecule has 0 aliphatic rings. The van der Waals surface area contributed by atoms with Crippen LogP contribution in [0, 0.1) is 11.3 Å². The van der Waals surface area contributed by atoms with Gasteiger partial charge in [-0.3, -0.25) is 0 Å². The Balaban J connectivity index is 3.30. The third-order valence-electron chi connectivity index (χ3n) is 1.81. The molecule has 1 aromatic heterocycles. The zero-order chi connectivity index (χ0) is 13.9. The highest BCUT2D eigenvalue weighted by atomic mass is 19.4. The van der Waals surface area contributed by atoms with Gasteiger partial charge in [0.25, 0.3) is 0 Å². The van der Waals surface area contributed by atoms with Gasteiger partial charge in [0, 0.05) is 6.20 Å². The van der Waals surface area contributed by atoms with Gasteiger partial charge in [0.05, 0.1) is 18.2 Å². The van der Waals surface area contributed by atoms with Crippen molar-refractivity contribution in [2.75, 3.05) is 12.8 Å². The molecule has 0 saturated carbocycles. The summed E-state index contributed by atoms with van der Waals surface area (Å²) in [5.74, 6) is -1.93. The summed E-state index contributed by atoms with van der Waals surface area (Å²) in [5, 5.41) is 8.76. The van der Waals surface area contributed by atoms with E-state index in [1.54, 1.807) is 0 Å². The normalized spacial score (nSPS) is 10.6. The molecule has 0 fully saturated rings. The first kappa shape index (κ1) is 13.6. The van der Waals surface area contributed by atoms with Gasteiger partial charge in [0.2, 0.25) is 5.88 Å². The molecule has 96 valence electrons. The van der Waals surface area contributed by atoms with E-state index in [0.29, 0.717) is 0 Å². The molecule has 0 aliphatic heterocycles. The van der Waals surface area contributed by atoms with Crippen molar-refractivity contribution in [1.82, 2.24) is 4.98 Å². The molecule has 0 saturated heterocycles. The van der Waals surface area contributed by atoms with E-state index in [1.165, 1.54) is 6.07 Å². The van der Waals surface area contributed by atoms with Crippen LogP contribution in [0.4, 0.5) is 18.9 Å². The Morgan fingerprint density at radius 3 is 2.61 bits per heavy atom. The molecule has 0 unspecified atom stereocenters. The fourth-order valence-corrected chi connectivity index (χ4v) is 1.09. The highest BCUT2D eigenvalue weighted by Crippen LogP contribution is 2.30. The molecular weight excluding hydrogens is 255 g/mol. The van der Waals surface area contributed by atoms with Crippen molar-refractivity contribution < 1.29 is 27.4 Å². The van der Waals surface area contributed by atoms with Crippen LogP contribution in [0.5, 0.6) is 5.88 Å². The number of carbonyl (C=O) groups is 1. The first-order valence-corrected chi connectivity index (χ1v) is 4.32. The lowest BCUT2D eigenvalue weighted by atomic mass is 10.1. The average molecular weight is 261 g/mol. The standard InChI is InChI=1S/C9H6F3N3O3/c1-17-8(16)5-3-15-7(18-9(10,11)12)6(14)4(5)2-13/h3H,14H2,1H3. The van der Waals surface area contributed by atoms with E-state index < -0.39 is 29.5 Å².